The minimum atomic E-state index is -0.190. The molecule has 2 nitrogen and oxygen atoms in total. The van der Waals surface area contributed by atoms with Gasteiger partial charge in [-0.05, 0) is 11.9 Å². The Bertz CT molecular complexity index is 151. The van der Waals surface area contributed by atoms with E-state index in [2.05, 4.69) is 4.40 Å². The molecule has 0 spiro atoms. The predicted molar refractivity (Wildman–Crippen MR) is 35.1 cm³/mol. The van der Waals surface area contributed by atoms with Crippen LogP contribution in [0, 0.1) is 11.3 Å². The Morgan fingerprint density at radius 2 is 2.62 bits per heavy atom. The zero-order chi connectivity index (χ0) is 5.98. The summed E-state index contributed by atoms with van der Waals surface area (Å²) in [5.74, 6) is 0. The maximum absolute atomic E-state index is 8.30. The molecule has 0 saturated heterocycles. The van der Waals surface area contributed by atoms with Crippen LogP contribution in [-0.2, 0) is 0 Å². The molecule has 2 atom stereocenters. The van der Waals surface area contributed by atoms with Gasteiger partial charge in [-0.1, -0.05) is 0 Å². The summed E-state index contributed by atoms with van der Waals surface area (Å²) in [7, 11) is 0. The SMILES string of the molecule is N#CC1SN=CC1Cl. The molecule has 1 heterocycles. The van der Waals surface area contributed by atoms with Gasteiger partial charge in [-0.2, -0.15) is 5.26 Å². The van der Waals surface area contributed by atoms with Crippen molar-refractivity contribution in [2.24, 2.45) is 4.40 Å². The molecule has 1 aliphatic heterocycles. The van der Waals surface area contributed by atoms with Gasteiger partial charge in [-0.15, -0.1) is 11.6 Å². The fraction of sp³-hybridized carbons (Fsp3) is 0.500. The Hall–Kier alpha value is -0.200. The van der Waals surface area contributed by atoms with Crippen molar-refractivity contribution in [3.8, 4) is 6.07 Å². The molecule has 0 aromatic heterocycles. The van der Waals surface area contributed by atoms with Crippen LogP contribution in [0.3, 0.4) is 0 Å². The van der Waals surface area contributed by atoms with Crippen LogP contribution in [0.2, 0.25) is 0 Å². The fourth-order valence-corrected chi connectivity index (χ4v) is 1.27. The highest BCUT2D eigenvalue weighted by molar-refractivity contribution is 7.99. The van der Waals surface area contributed by atoms with Crippen molar-refractivity contribution >= 4 is 29.8 Å². The topological polar surface area (TPSA) is 36.1 Å². The van der Waals surface area contributed by atoms with Crippen LogP contribution in [0.25, 0.3) is 0 Å². The van der Waals surface area contributed by atoms with E-state index in [9.17, 15) is 0 Å². The molecular weight excluding hydrogens is 144 g/mol. The summed E-state index contributed by atoms with van der Waals surface area (Å²) in [5.41, 5.74) is 0. The molecule has 1 rings (SSSR count). The number of hydrogen-bond acceptors (Lipinski definition) is 3. The summed E-state index contributed by atoms with van der Waals surface area (Å²) in [6.07, 6.45) is 1.58. The lowest BCUT2D eigenvalue weighted by Gasteiger charge is -1.95. The number of nitrogens with zero attached hydrogens (tertiary/aromatic N) is 2. The molecule has 0 aromatic carbocycles. The smallest absolute Gasteiger partial charge is 0.135 e. The van der Waals surface area contributed by atoms with Crippen molar-refractivity contribution in [1.82, 2.24) is 0 Å². The van der Waals surface area contributed by atoms with Crippen molar-refractivity contribution in [2.75, 3.05) is 0 Å². The van der Waals surface area contributed by atoms with Gasteiger partial charge in [-0.3, -0.25) is 0 Å². The van der Waals surface area contributed by atoms with Crippen LogP contribution in [0.4, 0.5) is 0 Å². The van der Waals surface area contributed by atoms with Crippen LogP contribution in [0.1, 0.15) is 0 Å². The third kappa shape index (κ3) is 0.960. The van der Waals surface area contributed by atoms with Gasteiger partial charge in [0, 0.05) is 6.21 Å². The zero-order valence-corrected chi connectivity index (χ0v) is 5.49. The van der Waals surface area contributed by atoms with Gasteiger partial charge in [0.25, 0.3) is 0 Å². The van der Waals surface area contributed by atoms with Crippen LogP contribution < -0.4 is 0 Å². The van der Waals surface area contributed by atoms with E-state index < -0.39 is 0 Å². The van der Waals surface area contributed by atoms with Crippen molar-refractivity contribution in [1.29, 1.82) is 5.26 Å². The molecule has 0 saturated carbocycles. The van der Waals surface area contributed by atoms with Crippen molar-refractivity contribution in [3.05, 3.63) is 0 Å². The summed E-state index contributed by atoms with van der Waals surface area (Å²) < 4.78 is 3.75. The molecule has 0 amide bonds. The highest BCUT2D eigenvalue weighted by atomic mass is 35.5. The van der Waals surface area contributed by atoms with E-state index >= 15 is 0 Å². The van der Waals surface area contributed by atoms with Crippen molar-refractivity contribution < 1.29 is 0 Å². The summed E-state index contributed by atoms with van der Waals surface area (Å²) >= 11 is 6.81. The average molecular weight is 147 g/mol. The van der Waals surface area contributed by atoms with Crippen LogP contribution in [-0.4, -0.2) is 16.8 Å². The van der Waals surface area contributed by atoms with Gasteiger partial charge in [0.15, 0.2) is 0 Å². The van der Waals surface area contributed by atoms with E-state index in [-0.39, 0.29) is 10.6 Å². The third-order valence-electron chi connectivity index (χ3n) is 0.794. The quantitative estimate of drug-likeness (QED) is 0.381. The lowest BCUT2D eigenvalue weighted by atomic mass is 10.3. The lowest BCUT2D eigenvalue weighted by Crippen LogP contribution is -2.10. The first-order valence-corrected chi connectivity index (χ1v) is 3.35. The Balaban J connectivity index is 2.54. The summed E-state index contributed by atoms with van der Waals surface area (Å²) in [4.78, 5) is 0. The molecule has 42 valence electrons. The summed E-state index contributed by atoms with van der Waals surface area (Å²) in [5, 5.41) is 7.94. The maximum atomic E-state index is 8.30. The monoisotopic (exact) mass is 146 g/mol. The lowest BCUT2D eigenvalue weighted by molar-refractivity contribution is 1.18. The highest BCUT2D eigenvalue weighted by Crippen LogP contribution is 2.23. The van der Waals surface area contributed by atoms with Crippen molar-refractivity contribution in [3.63, 3.8) is 0 Å². The Morgan fingerprint density at radius 3 is 2.88 bits per heavy atom. The average Bonchev–Trinajstić information content (AvgIpc) is 2.14. The Labute approximate surface area is 56.7 Å². The molecule has 0 fully saturated rings. The van der Waals surface area contributed by atoms with E-state index in [1.807, 2.05) is 6.07 Å². The van der Waals surface area contributed by atoms with Gasteiger partial charge in [0.05, 0.1) is 11.4 Å². The molecule has 0 aromatic rings. The summed E-state index contributed by atoms with van der Waals surface area (Å²) in [6.45, 7) is 0. The Morgan fingerprint density at radius 1 is 1.88 bits per heavy atom. The van der Waals surface area contributed by atoms with Gasteiger partial charge >= 0.3 is 0 Å². The number of rotatable bonds is 0. The molecule has 2 unspecified atom stereocenters. The molecule has 1 aliphatic rings. The molecular formula is C4H3ClN2S. The van der Waals surface area contributed by atoms with Gasteiger partial charge < -0.3 is 0 Å². The molecule has 0 N–H and O–H groups in total. The number of hydrogen-bond donors (Lipinski definition) is 0. The van der Waals surface area contributed by atoms with Gasteiger partial charge in [-0.25, -0.2) is 4.40 Å². The first-order valence-electron chi connectivity index (χ1n) is 2.07. The molecule has 8 heavy (non-hydrogen) atoms. The first kappa shape index (κ1) is 5.93. The van der Waals surface area contributed by atoms with E-state index in [1.54, 1.807) is 6.21 Å². The molecule has 4 heteroatoms. The fourth-order valence-electron chi connectivity index (χ4n) is 0.390. The second kappa shape index (κ2) is 2.38. The normalized spacial score (nSPS) is 35.0. The minimum Gasteiger partial charge on any atom is -0.226 e. The predicted octanol–water partition coefficient (Wildman–Crippen LogP) is 1.22. The summed E-state index contributed by atoms with van der Waals surface area (Å²) in [6, 6.07) is 2.02. The number of halogens is 1. The van der Waals surface area contributed by atoms with Crippen LogP contribution in [0.5, 0.6) is 0 Å². The third-order valence-corrected chi connectivity index (χ3v) is 2.18. The van der Waals surface area contributed by atoms with Crippen LogP contribution >= 0.6 is 23.5 Å². The zero-order valence-electron chi connectivity index (χ0n) is 3.91. The van der Waals surface area contributed by atoms with Crippen LogP contribution in [0.15, 0.2) is 4.40 Å². The van der Waals surface area contributed by atoms with E-state index in [0.717, 1.165) is 0 Å². The molecule has 0 radical (unpaired) electrons. The Kier molecular flexibility index (Phi) is 1.77. The number of nitriles is 1. The van der Waals surface area contributed by atoms with E-state index in [0.29, 0.717) is 0 Å². The standard InChI is InChI=1S/C4H3ClN2S/c5-3-2-7-8-4(3)1-6/h2-4H. The van der Waals surface area contributed by atoms with Gasteiger partial charge in [0.2, 0.25) is 0 Å². The largest absolute Gasteiger partial charge is 0.226 e. The highest BCUT2D eigenvalue weighted by Gasteiger charge is 2.21. The molecule has 0 aliphatic carbocycles. The number of alkyl halides is 1. The maximum Gasteiger partial charge on any atom is 0.135 e. The first-order chi connectivity index (χ1) is 3.84. The molecule has 0 bridgehead atoms. The second-order valence-corrected chi connectivity index (χ2v) is 2.79. The van der Waals surface area contributed by atoms with E-state index in [4.69, 9.17) is 16.9 Å². The second-order valence-electron chi connectivity index (χ2n) is 1.35. The van der Waals surface area contributed by atoms with E-state index in [1.165, 1.54) is 11.9 Å². The van der Waals surface area contributed by atoms with Gasteiger partial charge in [0.1, 0.15) is 5.25 Å². The minimum absolute atomic E-state index is 0.170. The van der Waals surface area contributed by atoms with Crippen molar-refractivity contribution in [2.45, 2.75) is 10.6 Å².